The van der Waals surface area contributed by atoms with Crippen LogP contribution in [0.1, 0.15) is 17.4 Å². The molecule has 0 spiro atoms. The van der Waals surface area contributed by atoms with E-state index in [0.29, 0.717) is 11.4 Å². The number of carbonyl (C=O) groups is 1. The molecule has 0 N–H and O–H groups in total. The number of thioether (sulfide) groups is 1. The molecule has 17 heavy (non-hydrogen) atoms. The SMILES string of the molecule is CSc1cc(C(C)=O)n(-c2ccc(F)cc2)n1. The number of hydrogen-bond acceptors (Lipinski definition) is 3. The maximum absolute atomic E-state index is 12.8. The molecule has 5 heteroatoms. The molecule has 0 saturated heterocycles. The van der Waals surface area contributed by atoms with Crippen LogP contribution in [0, 0.1) is 5.82 Å². The van der Waals surface area contributed by atoms with Gasteiger partial charge < -0.3 is 0 Å². The first-order valence-electron chi connectivity index (χ1n) is 5.03. The van der Waals surface area contributed by atoms with Gasteiger partial charge in [-0.25, -0.2) is 9.07 Å². The van der Waals surface area contributed by atoms with Crippen molar-refractivity contribution < 1.29 is 9.18 Å². The fourth-order valence-corrected chi connectivity index (χ4v) is 1.88. The molecule has 0 atom stereocenters. The molecule has 0 fully saturated rings. The van der Waals surface area contributed by atoms with Crippen molar-refractivity contribution in [3.63, 3.8) is 0 Å². The highest BCUT2D eigenvalue weighted by Crippen LogP contribution is 2.19. The highest BCUT2D eigenvalue weighted by atomic mass is 32.2. The molecule has 88 valence electrons. The van der Waals surface area contributed by atoms with Crippen LogP contribution in [0.3, 0.4) is 0 Å². The van der Waals surface area contributed by atoms with Gasteiger partial charge in [-0.05, 0) is 30.5 Å². The zero-order valence-corrected chi connectivity index (χ0v) is 10.3. The fourth-order valence-electron chi connectivity index (χ4n) is 1.49. The molecule has 3 nitrogen and oxygen atoms in total. The third-order valence-electron chi connectivity index (χ3n) is 2.33. The predicted molar refractivity (Wildman–Crippen MR) is 65.3 cm³/mol. The lowest BCUT2D eigenvalue weighted by molar-refractivity contribution is 0.101. The summed E-state index contributed by atoms with van der Waals surface area (Å²) in [6, 6.07) is 7.62. The number of ketones is 1. The third kappa shape index (κ3) is 2.39. The fraction of sp³-hybridized carbons (Fsp3) is 0.167. The minimum Gasteiger partial charge on any atom is -0.293 e. The molecule has 0 aliphatic rings. The average Bonchev–Trinajstić information content (AvgIpc) is 2.74. The Kier molecular flexibility index (Phi) is 3.28. The van der Waals surface area contributed by atoms with Crippen LogP contribution in [0.15, 0.2) is 35.4 Å². The number of benzene rings is 1. The minimum absolute atomic E-state index is 0.0675. The first-order chi connectivity index (χ1) is 8.11. The molecule has 0 unspecified atom stereocenters. The Morgan fingerprint density at radius 3 is 2.53 bits per heavy atom. The molecule has 0 aliphatic heterocycles. The Labute approximate surface area is 103 Å². The molecule has 1 aromatic heterocycles. The van der Waals surface area contributed by atoms with Gasteiger partial charge in [-0.1, -0.05) is 0 Å². The summed E-state index contributed by atoms with van der Waals surface area (Å²) in [5.74, 6) is -0.377. The lowest BCUT2D eigenvalue weighted by Gasteiger charge is -2.04. The minimum atomic E-state index is -0.310. The lowest BCUT2D eigenvalue weighted by Crippen LogP contribution is -2.05. The van der Waals surface area contributed by atoms with Gasteiger partial charge in [0.25, 0.3) is 0 Å². The van der Waals surface area contributed by atoms with Gasteiger partial charge in [0, 0.05) is 13.0 Å². The average molecular weight is 250 g/mol. The second-order valence-corrected chi connectivity index (χ2v) is 4.34. The number of aromatic nitrogens is 2. The van der Waals surface area contributed by atoms with Crippen molar-refractivity contribution in [2.45, 2.75) is 11.9 Å². The van der Waals surface area contributed by atoms with Gasteiger partial charge in [0.15, 0.2) is 5.78 Å². The summed E-state index contributed by atoms with van der Waals surface area (Å²) in [5, 5.41) is 5.05. The van der Waals surface area contributed by atoms with Crippen LogP contribution in [-0.4, -0.2) is 21.8 Å². The van der Waals surface area contributed by atoms with Crippen molar-refractivity contribution in [1.29, 1.82) is 0 Å². The van der Waals surface area contributed by atoms with E-state index in [9.17, 15) is 9.18 Å². The van der Waals surface area contributed by atoms with Crippen molar-refractivity contribution >= 4 is 17.5 Å². The topological polar surface area (TPSA) is 34.9 Å². The van der Waals surface area contributed by atoms with Gasteiger partial charge in [-0.15, -0.1) is 11.8 Å². The zero-order valence-electron chi connectivity index (χ0n) is 9.48. The van der Waals surface area contributed by atoms with E-state index in [2.05, 4.69) is 5.10 Å². The van der Waals surface area contributed by atoms with Crippen LogP contribution >= 0.6 is 11.8 Å². The van der Waals surface area contributed by atoms with E-state index in [4.69, 9.17) is 0 Å². The van der Waals surface area contributed by atoms with Gasteiger partial charge in [-0.3, -0.25) is 4.79 Å². The number of hydrogen-bond donors (Lipinski definition) is 0. The Balaban J connectivity index is 2.53. The molecule has 0 amide bonds. The Bertz CT molecular complexity index is 548. The van der Waals surface area contributed by atoms with Gasteiger partial charge >= 0.3 is 0 Å². The first kappa shape index (κ1) is 11.9. The first-order valence-corrected chi connectivity index (χ1v) is 6.25. The highest BCUT2D eigenvalue weighted by Gasteiger charge is 2.12. The molecule has 0 radical (unpaired) electrons. The lowest BCUT2D eigenvalue weighted by atomic mass is 10.2. The van der Waals surface area contributed by atoms with Crippen molar-refractivity contribution in [2.24, 2.45) is 0 Å². The summed E-state index contributed by atoms with van der Waals surface area (Å²) in [6.07, 6.45) is 1.89. The third-order valence-corrected chi connectivity index (χ3v) is 2.95. The van der Waals surface area contributed by atoms with Crippen LogP contribution in [0.4, 0.5) is 4.39 Å². The maximum Gasteiger partial charge on any atom is 0.178 e. The van der Waals surface area contributed by atoms with Crippen LogP contribution in [0.5, 0.6) is 0 Å². The zero-order chi connectivity index (χ0) is 12.4. The Hall–Kier alpha value is -1.62. The van der Waals surface area contributed by atoms with Gasteiger partial charge in [-0.2, -0.15) is 5.10 Å². The van der Waals surface area contributed by atoms with E-state index in [1.165, 1.54) is 35.5 Å². The number of halogens is 1. The van der Waals surface area contributed by atoms with Crippen LogP contribution in [-0.2, 0) is 0 Å². The second kappa shape index (κ2) is 4.71. The number of nitrogens with zero attached hydrogens (tertiary/aromatic N) is 2. The summed E-state index contributed by atoms with van der Waals surface area (Å²) in [6.45, 7) is 1.49. The second-order valence-electron chi connectivity index (χ2n) is 3.52. The summed E-state index contributed by atoms with van der Waals surface area (Å²) in [5.41, 5.74) is 1.18. The van der Waals surface area contributed by atoms with E-state index in [0.717, 1.165) is 5.03 Å². The summed E-state index contributed by atoms with van der Waals surface area (Å²) in [4.78, 5) is 11.5. The number of carbonyl (C=O) groups excluding carboxylic acids is 1. The van der Waals surface area contributed by atoms with E-state index >= 15 is 0 Å². The van der Waals surface area contributed by atoms with E-state index in [-0.39, 0.29) is 11.6 Å². The molecule has 1 heterocycles. The molecule has 2 rings (SSSR count). The molecular weight excluding hydrogens is 239 g/mol. The summed E-state index contributed by atoms with van der Waals surface area (Å²) >= 11 is 1.46. The predicted octanol–water partition coefficient (Wildman–Crippen LogP) is 2.94. The monoisotopic (exact) mass is 250 g/mol. The Morgan fingerprint density at radius 2 is 2.00 bits per heavy atom. The van der Waals surface area contributed by atoms with Crippen LogP contribution < -0.4 is 0 Å². The van der Waals surface area contributed by atoms with Gasteiger partial charge in [0.2, 0.25) is 0 Å². The number of rotatable bonds is 3. The van der Waals surface area contributed by atoms with Crippen LogP contribution in [0.25, 0.3) is 5.69 Å². The van der Waals surface area contributed by atoms with E-state index < -0.39 is 0 Å². The van der Waals surface area contributed by atoms with E-state index in [1.54, 1.807) is 18.2 Å². The largest absolute Gasteiger partial charge is 0.293 e. The van der Waals surface area contributed by atoms with E-state index in [1.807, 2.05) is 6.26 Å². The van der Waals surface area contributed by atoms with Crippen LogP contribution in [0.2, 0.25) is 0 Å². The van der Waals surface area contributed by atoms with Crippen molar-refractivity contribution in [3.8, 4) is 5.69 Å². The Morgan fingerprint density at radius 1 is 1.35 bits per heavy atom. The standard InChI is InChI=1S/C12H11FN2OS/c1-8(16)11-7-12(17-2)14-15(11)10-5-3-9(13)4-6-10/h3-7H,1-2H3. The van der Waals surface area contributed by atoms with Gasteiger partial charge in [0.1, 0.15) is 16.5 Å². The summed E-state index contributed by atoms with van der Waals surface area (Å²) in [7, 11) is 0. The maximum atomic E-state index is 12.8. The highest BCUT2D eigenvalue weighted by molar-refractivity contribution is 7.98. The van der Waals surface area contributed by atoms with Crippen molar-refractivity contribution in [2.75, 3.05) is 6.26 Å². The molecule has 0 bridgehead atoms. The molecule has 2 aromatic rings. The molecule has 0 aliphatic carbocycles. The molecule has 1 aromatic carbocycles. The summed E-state index contributed by atoms with van der Waals surface area (Å²) < 4.78 is 14.4. The van der Waals surface area contributed by atoms with Crippen molar-refractivity contribution in [1.82, 2.24) is 9.78 Å². The smallest absolute Gasteiger partial charge is 0.178 e. The normalized spacial score (nSPS) is 10.5. The van der Waals surface area contributed by atoms with Crippen molar-refractivity contribution in [3.05, 3.63) is 41.8 Å². The number of Topliss-reactive ketones (excluding diaryl/α,β-unsaturated/α-hetero) is 1. The molecular formula is C12H11FN2OS. The molecule has 0 saturated carbocycles. The van der Waals surface area contributed by atoms with Gasteiger partial charge in [0.05, 0.1) is 5.69 Å². The quantitative estimate of drug-likeness (QED) is 0.620.